The minimum atomic E-state index is -0.520. The number of rotatable bonds is 4. The molecule has 0 aliphatic heterocycles. The molecule has 1 aromatic rings. The first kappa shape index (κ1) is 13.5. The predicted molar refractivity (Wildman–Crippen MR) is 68.1 cm³/mol. The van der Waals surface area contributed by atoms with Crippen LogP contribution in [0.15, 0.2) is 12.1 Å². The summed E-state index contributed by atoms with van der Waals surface area (Å²) in [7, 11) is 1.28. The molecule has 0 fully saturated rings. The fourth-order valence-electron chi connectivity index (χ4n) is 1.12. The number of esters is 1. The van der Waals surface area contributed by atoms with Gasteiger partial charge in [-0.2, -0.15) is 0 Å². The Kier molecular flexibility index (Phi) is 5.30. The number of carbonyl (C=O) groups excluding carboxylic acids is 1. The van der Waals surface area contributed by atoms with Gasteiger partial charge >= 0.3 is 5.97 Å². The molecule has 6 heteroatoms. The van der Waals surface area contributed by atoms with E-state index in [0.29, 0.717) is 14.3 Å². The number of benzene rings is 1. The van der Waals surface area contributed by atoms with E-state index in [4.69, 9.17) is 21.4 Å². The van der Waals surface area contributed by atoms with Crippen molar-refractivity contribution in [2.75, 3.05) is 20.3 Å². The van der Waals surface area contributed by atoms with E-state index in [0.717, 1.165) is 0 Å². The summed E-state index contributed by atoms with van der Waals surface area (Å²) < 4.78 is 10.6. The van der Waals surface area contributed by atoms with Crippen LogP contribution in [-0.2, 0) is 4.74 Å². The zero-order chi connectivity index (χ0) is 12.1. The van der Waals surface area contributed by atoms with Crippen LogP contribution < -0.4 is 4.74 Å². The molecule has 0 saturated carbocycles. The predicted octanol–water partition coefficient (Wildman–Crippen LogP) is 2.10. The van der Waals surface area contributed by atoms with Gasteiger partial charge in [-0.1, -0.05) is 11.6 Å². The number of hydrogen-bond acceptors (Lipinski definition) is 4. The highest BCUT2D eigenvalue weighted by atomic mass is 127. The molecule has 1 rings (SSSR count). The maximum Gasteiger partial charge on any atom is 0.341 e. The molecule has 4 nitrogen and oxygen atoms in total. The zero-order valence-electron chi connectivity index (χ0n) is 8.50. The molecule has 0 heterocycles. The Hall–Kier alpha value is -0.530. The van der Waals surface area contributed by atoms with Crippen LogP contribution in [0, 0.1) is 3.57 Å². The Morgan fingerprint density at radius 3 is 2.81 bits per heavy atom. The fourth-order valence-corrected chi connectivity index (χ4v) is 2.30. The van der Waals surface area contributed by atoms with Crippen LogP contribution in [0.2, 0.25) is 5.02 Å². The molecule has 0 amide bonds. The minimum Gasteiger partial charge on any atom is -0.489 e. The van der Waals surface area contributed by atoms with Crippen molar-refractivity contribution < 1.29 is 19.4 Å². The third-order valence-electron chi connectivity index (χ3n) is 1.75. The van der Waals surface area contributed by atoms with Crippen molar-refractivity contribution in [1.82, 2.24) is 0 Å². The van der Waals surface area contributed by atoms with Gasteiger partial charge in [0, 0.05) is 5.02 Å². The van der Waals surface area contributed by atoms with E-state index in [1.807, 2.05) is 22.6 Å². The second-order valence-corrected chi connectivity index (χ2v) is 4.43. The van der Waals surface area contributed by atoms with Gasteiger partial charge in [-0.3, -0.25) is 0 Å². The minimum absolute atomic E-state index is 0.113. The lowest BCUT2D eigenvalue weighted by atomic mass is 10.2. The van der Waals surface area contributed by atoms with Gasteiger partial charge in [-0.15, -0.1) is 0 Å². The third-order valence-corrected chi connectivity index (χ3v) is 2.77. The van der Waals surface area contributed by atoms with Crippen LogP contribution >= 0.6 is 34.2 Å². The van der Waals surface area contributed by atoms with Crippen LogP contribution in [0.4, 0.5) is 0 Å². The largest absolute Gasteiger partial charge is 0.489 e. The normalized spacial score (nSPS) is 10.0. The van der Waals surface area contributed by atoms with Crippen LogP contribution in [0.5, 0.6) is 5.75 Å². The molecular weight excluding hydrogens is 346 g/mol. The van der Waals surface area contributed by atoms with E-state index in [1.54, 1.807) is 6.07 Å². The Morgan fingerprint density at radius 1 is 1.56 bits per heavy atom. The second kappa shape index (κ2) is 6.27. The maximum atomic E-state index is 11.5. The smallest absolute Gasteiger partial charge is 0.341 e. The van der Waals surface area contributed by atoms with E-state index < -0.39 is 5.97 Å². The highest BCUT2D eigenvalue weighted by Gasteiger charge is 2.17. The lowest BCUT2D eigenvalue weighted by molar-refractivity contribution is 0.0594. The highest BCUT2D eigenvalue weighted by molar-refractivity contribution is 14.1. The molecule has 0 radical (unpaired) electrons. The Bertz CT molecular complexity index is 395. The van der Waals surface area contributed by atoms with E-state index in [9.17, 15) is 4.79 Å². The lowest BCUT2D eigenvalue weighted by Gasteiger charge is -2.11. The van der Waals surface area contributed by atoms with Gasteiger partial charge in [0.05, 0.1) is 17.3 Å². The van der Waals surface area contributed by atoms with E-state index >= 15 is 0 Å². The molecule has 0 unspecified atom stereocenters. The molecule has 0 saturated heterocycles. The SMILES string of the molecule is COC(=O)c1cc(Cl)cc(I)c1OCCO. The first-order chi connectivity index (χ1) is 7.60. The Labute approximate surface area is 112 Å². The average molecular weight is 357 g/mol. The van der Waals surface area contributed by atoms with E-state index in [-0.39, 0.29) is 18.8 Å². The average Bonchev–Trinajstić information content (AvgIpc) is 2.26. The number of halogens is 2. The number of ether oxygens (including phenoxy) is 2. The van der Waals surface area contributed by atoms with Gasteiger partial charge in [-0.25, -0.2) is 4.79 Å². The lowest BCUT2D eigenvalue weighted by Crippen LogP contribution is -2.10. The molecule has 1 aromatic carbocycles. The van der Waals surface area contributed by atoms with E-state index in [1.165, 1.54) is 13.2 Å². The standard InChI is InChI=1S/C10H10ClIO4/c1-15-10(14)7-4-6(11)5-8(12)9(7)16-3-2-13/h4-5,13H,2-3H2,1H3. The van der Waals surface area contributed by atoms with Gasteiger partial charge in [-0.05, 0) is 34.7 Å². The first-order valence-electron chi connectivity index (χ1n) is 4.41. The van der Waals surface area contributed by atoms with Crippen molar-refractivity contribution in [3.05, 3.63) is 26.3 Å². The third kappa shape index (κ3) is 3.23. The van der Waals surface area contributed by atoms with Crippen LogP contribution in [-0.4, -0.2) is 31.4 Å². The van der Waals surface area contributed by atoms with Crippen LogP contribution in [0.1, 0.15) is 10.4 Å². The fraction of sp³-hybridized carbons (Fsp3) is 0.300. The topological polar surface area (TPSA) is 55.8 Å². The summed E-state index contributed by atoms with van der Waals surface area (Å²) in [5.41, 5.74) is 0.257. The second-order valence-electron chi connectivity index (χ2n) is 2.83. The summed E-state index contributed by atoms with van der Waals surface area (Å²) in [6.45, 7) is -0.0129. The van der Waals surface area contributed by atoms with Gasteiger partial charge in [0.2, 0.25) is 0 Å². The molecule has 1 N–H and O–H groups in total. The Morgan fingerprint density at radius 2 is 2.25 bits per heavy atom. The molecule has 16 heavy (non-hydrogen) atoms. The number of methoxy groups -OCH3 is 1. The quantitative estimate of drug-likeness (QED) is 0.663. The molecule has 0 bridgehead atoms. The molecule has 0 atom stereocenters. The van der Waals surface area contributed by atoms with Gasteiger partial charge in [0.1, 0.15) is 17.9 Å². The van der Waals surface area contributed by atoms with Gasteiger partial charge < -0.3 is 14.6 Å². The highest BCUT2D eigenvalue weighted by Crippen LogP contribution is 2.30. The number of aliphatic hydroxyl groups is 1. The molecule has 0 aliphatic carbocycles. The van der Waals surface area contributed by atoms with E-state index in [2.05, 4.69) is 4.74 Å². The summed E-state index contributed by atoms with van der Waals surface area (Å²) in [6, 6.07) is 3.14. The van der Waals surface area contributed by atoms with Gasteiger partial charge in [0.25, 0.3) is 0 Å². The van der Waals surface area contributed by atoms with Gasteiger partial charge in [0.15, 0.2) is 0 Å². The Balaban J connectivity index is 3.15. The number of aliphatic hydroxyl groups excluding tert-OH is 1. The van der Waals surface area contributed by atoms with Crippen LogP contribution in [0.3, 0.4) is 0 Å². The van der Waals surface area contributed by atoms with Crippen molar-refractivity contribution >= 4 is 40.2 Å². The van der Waals surface area contributed by atoms with Crippen molar-refractivity contribution in [3.8, 4) is 5.75 Å². The van der Waals surface area contributed by atoms with Crippen LogP contribution in [0.25, 0.3) is 0 Å². The summed E-state index contributed by atoms with van der Waals surface area (Å²) in [5.74, 6) is -0.140. The first-order valence-corrected chi connectivity index (χ1v) is 5.86. The van der Waals surface area contributed by atoms with Crippen molar-refractivity contribution in [2.45, 2.75) is 0 Å². The summed E-state index contributed by atoms with van der Waals surface area (Å²) in [5, 5.41) is 9.12. The van der Waals surface area contributed by atoms with Crippen molar-refractivity contribution in [3.63, 3.8) is 0 Å². The number of hydrogen-bond donors (Lipinski definition) is 1. The molecule has 0 spiro atoms. The number of carbonyl (C=O) groups is 1. The molecule has 0 aliphatic rings. The summed E-state index contributed by atoms with van der Waals surface area (Å²) in [4.78, 5) is 11.5. The summed E-state index contributed by atoms with van der Waals surface area (Å²) in [6.07, 6.45) is 0. The molecular formula is C10H10ClIO4. The maximum absolute atomic E-state index is 11.5. The zero-order valence-corrected chi connectivity index (χ0v) is 11.4. The summed E-state index contributed by atoms with van der Waals surface area (Å²) >= 11 is 7.84. The molecule has 0 aromatic heterocycles. The molecule has 88 valence electrons. The van der Waals surface area contributed by atoms with Crippen molar-refractivity contribution in [1.29, 1.82) is 0 Å². The van der Waals surface area contributed by atoms with Crippen molar-refractivity contribution in [2.24, 2.45) is 0 Å². The monoisotopic (exact) mass is 356 g/mol.